The topological polar surface area (TPSA) is 9.23 Å². The highest BCUT2D eigenvalue weighted by Crippen LogP contribution is 2.33. The minimum absolute atomic E-state index is 0.294. The van der Waals surface area contributed by atoms with E-state index in [1.807, 2.05) is 6.07 Å². The van der Waals surface area contributed by atoms with Gasteiger partial charge in [0.05, 0.1) is 7.11 Å². The molecule has 1 aliphatic carbocycles. The fourth-order valence-electron chi connectivity index (χ4n) is 3.05. The second-order valence-corrected chi connectivity index (χ2v) is 5.80. The van der Waals surface area contributed by atoms with E-state index in [9.17, 15) is 4.39 Å². The van der Waals surface area contributed by atoms with Crippen LogP contribution in [0.3, 0.4) is 0 Å². The molecule has 0 aliphatic heterocycles. The highest BCUT2D eigenvalue weighted by Gasteiger charge is 2.15. The molecule has 2 aromatic carbocycles. The van der Waals surface area contributed by atoms with Crippen molar-refractivity contribution >= 4 is 11.6 Å². The van der Waals surface area contributed by atoms with Crippen molar-refractivity contribution in [2.24, 2.45) is 0 Å². The van der Waals surface area contributed by atoms with Crippen LogP contribution in [0.1, 0.15) is 42.0 Å². The molecule has 0 radical (unpaired) electrons. The minimum Gasteiger partial charge on any atom is -0.494 e. The third-order valence-corrected chi connectivity index (χ3v) is 4.27. The fourth-order valence-corrected chi connectivity index (χ4v) is 3.05. The Labute approximate surface area is 131 Å². The lowest BCUT2D eigenvalue weighted by Gasteiger charge is -2.18. The Morgan fingerprint density at radius 2 is 1.86 bits per heavy atom. The number of fused-ring (bicyclic) bond motifs is 1. The maximum atomic E-state index is 13.9. The number of allylic oxidation sites excluding steroid dienone is 1. The van der Waals surface area contributed by atoms with E-state index in [0.29, 0.717) is 5.75 Å². The molecule has 0 saturated carbocycles. The predicted octanol–water partition coefficient (Wildman–Crippen LogP) is 5.27. The van der Waals surface area contributed by atoms with Crippen molar-refractivity contribution in [1.82, 2.24) is 0 Å². The van der Waals surface area contributed by atoms with Crippen LogP contribution in [-0.4, -0.2) is 7.11 Å². The summed E-state index contributed by atoms with van der Waals surface area (Å²) in [5.41, 5.74) is 6.02. The van der Waals surface area contributed by atoms with Gasteiger partial charge in [0.1, 0.15) is 0 Å². The third-order valence-electron chi connectivity index (χ3n) is 4.27. The normalized spacial score (nSPS) is 13.5. The number of hydrogen-bond acceptors (Lipinski definition) is 1. The molecule has 0 fully saturated rings. The molecular formula is C20H21FO. The molecule has 1 nitrogen and oxygen atoms in total. The molecule has 0 heterocycles. The Bertz CT molecular complexity index is 698. The van der Waals surface area contributed by atoms with Gasteiger partial charge in [-0.3, -0.25) is 0 Å². The fraction of sp³-hybridized carbons (Fsp3) is 0.300. The maximum absolute atomic E-state index is 13.9. The number of methoxy groups -OCH3 is 1. The van der Waals surface area contributed by atoms with Gasteiger partial charge in [0.2, 0.25) is 0 Å². The summed E-state index contributed by atoms with van der Waals surface area (Å²) in [6, 6.07) is 12.2. The Morgan fingerprint density at radius 3 is 2.55 bits per heavy atom. The predicted molar refractivity (Wildman–Crippen MR) is 89.6 cm³/mol. The third kappa shape index (κ3) is 2.92. The number of halogens is 1. The monoisotopic (exact) mass is 296 g/mol. The largest absolute Gasteiger partial charge is 0.494 e. The van der Waals surface area contributed by atoms with Crippen molar-refractivity contribution < 1.29 is 9.13 Å². The van der Waals surface area contributed by atoms with Gasteiger partial charge in [-0.25, -0.2) is 4.39 Å². The number of aryl methyl sites for hydroxylation is 2. The molecule has 3 rings (SSSR count). The Hall–Kier alpha value is -2.09. The Morgan fingerprint density at radius 1 is 1.09 bits per heavy atom. The molecule has 0 atom stereocenters. The summed E-state index contributed by atoms with van der Waals surface area (Å²) in [7, 11) is 1.51. The molecule has 2 aromatic rings. The molecule has 2 heteroatoms. The van der Waals surface area contributed by atoms with E-state index >= 15 is 0 Å². The van der Waals surface area contributed by atoms with Gasteiger partial charge in [0.15, 0.2) is 11.6 Å². The Balaban J connectivity index is 1.91. The van der Waals surface area contributed by atoms with E-state index < -0.39 is 0 Å². The van der Waals surface area contributed by atoms with Crippen molar-refractivity contribution in [2.75, 3.05) is 7.11 Å². The van der Waals surface area contributed by atoms with Crippen molar-refractivity contribution in [3.8, 4) is 5.75 Å². The lowest BCUT2D eigenvalue weighted by molar-refractivity contribution is 0.386. The highest BCUT2D eigenvalue weighted by atomic mass is 19.1. The van der Waals surface area contributed by atoms with Gasteiger partial charge in [-0.2, -0.15) is 0 Å². The zero-order chi connectivity index (χ0) is 15.5. The Kier molecular flexibility index (Phi) is 4.28. The average molecular weight is 296 g/mol. The average Bonchev–Trinajstić information content (AvgIpc) is 2.54. The van der Waals surface area contributed by atoms with Crippen LogP contribution in [0.15, 0.2) is 36.4 Å². The molecular weight excluding hydrogens is 275 g/mol. The van der Waals surface area contributed by atoms with Gasteiger partial charge in [-0.1, -0.05) is 43.7 Å². The van der Waals surface area contributed by atoms with Crippen molar-refractivity contribution in [1.29, 1.82) is 0 Å². The maximum Gasteiger partial charge on any atom is 0.165 e. The first kappa shape index (κ1) is 14.8. The summed E-state index contributed by atoms with van der Waals surface area (Å²) in [6.07, 6.45) is 6.29. The van der Waals surface area contributed by atoms with Gasteiger partial charge in [0.25, 0.3) is 0 Å². The summed E-state index contributed by atoms with van der Waals surface area (Å²) in [5.74, 6) is 0.0385. The van der Waals surface area contributed by atoms with Crippen molar-refractivity contribution in [3.63, 3.8) is 0 Å². The first-order valence-corrected chi connectivity index (χ1v) is 7.87. The molecule has 0 aromatic heterocycles. The summed E-state index contributed by atoms with van der Waals surface area (Å²) < 4.78 is 19.0. The second kappa shape index (κ2) is 6.35. The SMILES string of the molecule is CCCc1ccc(C2=Cc3cc(F)c(OC)cc3CC2)cc1. The standard InChI is InChI=1S/C20H21FO/c1-3-4-14-5-7-15(8-6-14)16-9-10-17-13-20(22-2)19(21)12-18(17)11-16/h5-8,11-13H,3-4,9-10H2,1-2H3. The summed E-state index contributed by atoms with van der Waals surface area (Å²) in [6.45, 7) is 2.19. The van der Waals surface area contributed by atoms with Gasteiger partial charge < -0.3 is 4.74 Å². The van der Waals surface area contributed by atoms with Gasteiger partial charge in [-0.15, -0.1) is 0 Å². The van der Waals surface area contributed by atoms with Gasteiger partial charge >= 0.3 is 0 Å². The van der Waals surface area contributed by atoms with E-state index in [1.54, 1.807) is 6.07 Å². The second-order valence-electron chi connectivity index (χ2n) is 5.80. The molecule has 114 valence electrons. The zero-order valence-corrected chi connectivity index (χ0v) is 13.2. The summed E-state index contributed by atoms with van der Waals surface area (Å²) in [5, 5.41) is 0. The smallest absolute Gasteiger partial charge is 0.165 e. The van der Waals surface area contributed by atoms with E-state index in [-0.39, 0.29) is 5.82 Å². The van der Waals surface area contributed by atoms with E-state index in [0.717, 1.165) is 36.8 Å². The van der Waals surface area contributed by atoms with Crippen molar-refractivity contribution in [2.45, 2.75) is 32.6 Å². The zero-order valence-electron chi connectivity index (χ0n) is 13.2. The van der Waals surface area contributed by atoms with Crippen LogP contribution in [-0.2, 0) is 12.8 Å². The molecule has 0 spiro atoms. The number of hydrogen-bond donors (Lipinski definition) is 0. The van der Waals surface area contributed by atoms with Crippen LogP contribution >= 0.6 is 0 Å². The van der Waals surface area contributed by atoms with Crippen LogP contribution in [0.4, 0.5) is 4.39 Å². The van der Waals surface area contributed by atoms with E-state index in [2.05, 4.69) is 37.3 Å². The summed E-state index contributed by atoms with van der Waals surface area (Å²) >= 11 is 0. The molecule has 0 bridgehead atoms. The number of benzene rings is 2. The summed E-state index contributed by atoms with van der Waals surface area (Å²) in [4.78, 5) is 0. The molecule has 0 saturated heterocycles. The van der Waals surface area contributed by atoms with E-state index in [1.165, 1.54) is 23.8 Å². The molecule has 1 aliphatic rings. The van der Waals surface area contributed by atoms with Gasteiger partial charge in [0, 0.05) is 0 Å². The van der Waals surface area contributed by atoms with E-state index in [4.69, 9.17) is 4.74 Å². The first-order chi connectivity index (χ1) is 10.7. The lowest BCUT2D eigenvalue weighted by Crippen LogP contribution is -2.01. The minimum atomic E-state index is -0.294. The first-order valence-electron chi connectivity index (χ1n) is 7.87. The molecule has 0 N–H and O–H groups in total. The highest BCUT2D eigenvalue weighted by molar-refractivity contribution is 5.84. The van der Waals surface area contributed by atoms with Crippen LogP contribution in [0, 0.1) is 5.82 Å². The van der Waals surface area contributed by atoms with Crippen LogP contribution in [0.5, 0.6) is 5.75 Å². The lowest BCUT2D eigenvalue weighted by atomic mass is 9.88. The van der Waals surface area contributed by atoms with Crippen LogP contribution in [0.25, 0.3) is 11.6 Å². The quantitative estimate of drug-likeness (QED) is 0.746. The van der Waals surface area contributed by atoms with Gasteiger partial charge in [-0.05, 0) is 59.2 Å². The van der Waals surface area contributed by atoms with Crippen molar-refractivity contribution in [3.05, 3.63) is 64.5 Å². The molecule has 0 amide bonds. The number of ether oxygens (including phenoxy) is 1. The molecule has 22 heavy (non-hydrogen) atoms. The molecule has 0 unspecified atom stereocenters. The van der Waals surface area contributed by atoms with Crippen LogP contribution in [0.2, 0.25) is 0 Å². The van der Waals surface area contributed by atoms with Crippen LogP contribution < -0.4 is 4.74 Å². The number of rotatable bonds is 4.